The summed E-state index contributed by atoms with van der Waals surface area (Å²) < 4.78 is 0. The summed E-state index contributed by atoms with van der Waals surface area (Å²) in [5.41, 5.74) is 0.106. The van der Waals surface area contributed by atoms with Gasteiger partial charge in [0.2, 0.25) is 5.91 Å². The van der Waals surface area contributed by atoms with E-state index in [0.717, 1.165) is 36.4 Å². The molecule has 2 bridgehead atoms. The molecule has 0 radical (unpaired) electrons. The molecule has 3 aliphatic carbocycles. The van der Waals surface area contributed by atoms with Crippen LogP contribution in [-0.4, -0.2) is 16.8 Å². The Morgan fingerprint density at radius 1 is 1.29 bits per heavy atom. The number of hydrogen-bond acceptors (Lipinski definition) is 1. The first-order valence-corrected chi connectivity index (χ1v) is 8.20. The first-order valence-electron chi connectivity index (χ1n) is 7.08. The van der Waals surface area contributed by atoms with Gasteiger partial charge in [0, 0.05) is 17.3 Å². The van der Waals surface area contributed by atoms with Gasteiger partial charge in [-0.25, -0.2) is 0 Å². The molecule has 0 heterocycles. The second-order valence-corrected chi connectivity index (χ2v) is 7.02. The maximum atomic E-state index is 12.1. The van der Waals surface area contributed by atoms with Gasteiger partial charge in [-0.1, -0.05) is 22.4 Å². The lowest BCUT2D eigenvalue weighted by molar-refractivity contribution is -0.125. The number of carbonyl (C=O) groups excluding carboxylic acids is 1. The number of halogens is 1. The Bertz CT molecular complexity index is 308. The third kappa shape index (κ3) is 2.27. The van der Waals surface area contributed by atoms with Crippen LogP contribution in [0.2, 0.25) is 0 Å². The summed E-state index contributed by atoms with van der Waals surface area (Å²) >= 11 is 3.54. The van der Waals surface area contributed by atoms with Gasteiger partial charge < -0.3 is 5.32 Å². The zero-order valence-corrected chi connectivity index (χ0v) is 12.0. The third-order valence-electron chi connectivity index (χ3n) is 5.30. The van der Waals surface area contributed by atoms with Crippen LogP contribution in [0.15, 0.2) is 0 Å². The van der Waals surface area contributed by atoms with E-state index in [1.807, 2.05) is 0 Å². The molecule has 3 atom stereocenters. The lowest BCUT2D eigenvalue weighted by Crippen LogP contribution is -2.55. The number of rotatable bonds is 4. The first-order chi connectivity index (χ1) is 8.21. The van der Waals surface area contributed by atoms with Crippen molar-refractivity contribution in [3.63, 3.8) is 0 Å². The van der Waals surface area contributed by atoms with E-state index >= 15 is 0 Å². The Hall–Kier alpha value is -0.0500. The van der Waals surface area contributed by atoms with Crippen molar-refractivity contribution in [3.8, 4) is 0 Å². The molecular formula is C14H22BrNO. The van der Waals surface area contributed by atoms with E-state index in [9.17, 15) is 4.79 Å². The second-order valence-electron chi connectivity index (χ2n) is 6.45. The van der Waals surface area contributed by atoms with Crippen LogP contribution in [0.3, 0.4) is 0 Å². The van der Waals surface area contributed by atoms with Gasteiger partial charge in [0.15, 0.2) is 0 Å². The smallest absolute Gasteiger partial charge is 0.220 e. The SMILES string of the molecule is O=C(CC1CC2CCC1C2)NC1(CBr)CCC1. The molecule has 1 N–H and O–H groups in total. The summed E-state index contributed by atoms with van der Waals surface area (Å²) in [6, 6.07) is 0. The minimum absolute atomic E-state index is 0.106. The molecule has 3 heteroatoms. The fraction of sp³-hybridized carbons (Fsp3) is 0.929. The fourth-order valence-corrected chi connectivity index (χ4v) is 4.81. The Balaban J connectivity index is 1.50. The number of amides is 1. The average Bonchev–Trinajstić information content (AvgIpc) is 2.85. The monoisotopic (exact) mass is 299 g/mol. The van der Waals surface area contributed by atoms with Crippen LogP contribution in [0, 0.1) is 17.8 Å². The highest BCUT2D eigenvalue weighted by Gasteiger charge is 2.42. The Labute approximate surface area is 112 Å². The average molecular weight is 300 g/mol. The van der Waals surface area contributed by atoms with Gasteiger partial charge in [0.1, 0.15) is 0 Å². The summed E-state index contributed by atoms with van der Waals surface area (Å²) in [4.78, 5) is 12.1. The van der Waals surface area contributed by atoms with Crippen LogP contribution in [0.5, 0.6) is 0 Å². The first kappa shape index (κ1) is 12.0. The predicted molar refractivity (Wildman–Crippen MR) is 72.1 cm³/mol. The molecule has 3 fully saturated rings. The quantitative estimate of drug-likeness (QED) is 0.793. The topological polar surface area (TPSA) is 29.1 Å². The van der Waals surface area contributed by atoms with Crippen LogP contribution < -0.4 is 5.32 Å². The molecule has 17 heavy (non-hydrogen) atoms. The zero-order valence-electron chi connectivity index (χ0n) is 10.4. The Kier molecular flexibility index (Phi) is 3.22. The van der Waals surface area contributed by atoms with E-state index in [0.29, 0.717) is 11.8 Å². The van der Waals surface area contributed by atoms with Gasteiger partial charge in [-0.05, 0) is 56.3 Å². The molecular weight excluding hydrogens is 278 g/mol. The maximum absolute atomic E-state index is 12.1. The van der Waals surface area contributed by atoms with Crippen molar-refractivity contribution in [1.29, 1.82) is 0 Å². The molecule has 0 aromatic rings. The van der Waals surface area contributed by atoms with Crippen molar-refractivity contribution in [2.45, 2.75) is 56.9 Å². The lowest BCUT2D eigenvalue weighted by atomic mass is 9.78. The fourth-order valence-electron chi connectivity index (χ4n) is 4.11. The van der Waals surface area contributed by atoms with Gasteiger partial charge >= 0.3 is 0 Å². The van der Waals surface area contributed by atoms with Crippen molar-refractivity contribution in [2.75, 3.05) is 5.33 Å². The molecule has 0 aromatic carbocycles. The zero-order chi connectivity index (χ0) is 11.9. The predicted octanol–water partition coefficient (Wildman–Crippen LogP) is 3.25. The van der Waals surface area contributed by atoms with Crippen molar-refractivity contribution < 1.29 is 4.79 Å². The molecule has 3 rings (SSSR count). The maximum Gasteiger partial charge on any atom is 0.220 e. The van der Waals surface area contributed by atoms with Crippen LogP contribution >= 0.6 is 15.9 Å². The number of alkyl halides is 1. The molecule has 0 saturated heterocycles. The van der Waals surface area contributed by atoms with Gasteiger partial charge in [0.25, 0.3) is 0 Å². The molecule has 3 unspecified atom stereocenters. The largest absolute Gasteiger partial charge is 0.350 e. The lowest BCUT2D eigenvalue weighted by Gasteiger charge is -2.41. The van der Waals surface area contributed by atoms with Crippen LogP contribution in [0.25, 0.3) is 0 Å². The van der Waals surface area contributed by atoms with Crippen molar-refractivity contribution in [2.24, 2.45) is 17.8 Å². The van der Waals surface area contributed by atoms with Crippen molar-refractivity contribution in [3.05, 3.63) is 0 Å². The molecule has 0 aliphatic heterocycles. The number of carbonyl (C=O) groups is 1. The molecule has 1 amide bonds. The Morgan fingerprint density at radius 2 is 2.12 bits per heavy atom. The molecule has 0 spiro atoms. The minimum Gasteiger partial charge on any atom is -0.350 e. The van der Waals surface area contributed by atoms with Gasteiger partial charge in [-0.2, -0.15) is 0 Å². The second kappa shape index (κ2) is 4.56. The highest BCUT2D eigenvalue weighted by molar-refractivity contribution is 9.09. The van der Waals surface area contributed by atoms with E-state index in [2.05, 4.69) is 21.2 Å². The van der Waals surface area contributed by atoms with Crippen LogP contribution in [0.1, 0.15) is 51.4 Å². The van der Waals surface area contributed by atoms with E-state index in [1.165, 1.54) is 32.1 Å². The molecule has 2 nitrogen and oxygen atoms in total. The minimum atomic E-state index is 0.106. The summed E-state index contributed by atoms with van der Waals surface area (Å²) in [6.07, 6.45) is 9.89. The molecule has 0 aromatic heterocycles. The molecule has 96 valence electrons. The van der Waals surface area contributed by atoms with E-state index in [-0.39, 0.29) is 5.54 Å². The highest BCUT2D eigenvalue weighted by atomic mass is 79.9. The van der Waals surface area contributed by atoms with Crippen molar-refractivity contribution >= 4 is 21.8 Å². The molecule has 3 saturated carbocycles. The van der Waals surface area contributed by atoms with Crippen molar-refractivity contribution in [1.82, 2.24) is 5.32 Å². The summed E-state index contributed by atoms with van der Waals surface area (Å²) in [7, 11) is 0. The van der Waals surface area contributed by atoms with E-state index < -0.39 is 0 Å². The highest BCUT2D eigenvalue weighted by Crippen LogP contribution is 2.49. The standard InChI is InChI=1S/C14H22BrNO/c15-9-14(4-1-5-14)16-13(17)8-12-7-10-2-3-11(12)6-10/h10-12H,1-9H2,(H,16,17). The third-order valence-corrected chi connectivity index (χ3v) is 6.38. The summed E-state index contributed by atoms with van der Waals surface area (Å²) in [6.45, 7) is 0. The van der Waals surface area contributed by atoms with Crippen LogP contribution in [0.4, 0.5) is 0 Å². The molecule has 3 aliphatic rings. The number of nitrogens with one attached hydrogen (secondary N) is 1. The van der Waals surface area contributed by atoms with E-state index in [4.69, 9.17) is 0 Å². The summed E-state index contributed by atoms with van der Waals surface area (Å²) in [5.74, 6) is 2.82. The number of hydrogen-bond donors (Lipinski definition) is 1. The van der Waals surface area contributed by atoms with Gasteiger partial charge in [-0.15, -0.1) is 0 Å². The normalized spacial score (nSPS) is 37.8. The Morgan fingerprint density at radius 3 is 2.59 bits per heavy atom. The van der Waals surface area contributed by atoms with Crippen LogP contribution in [-0.2, 0) is 4.79 Å². The van der Waals surface area contributed by atoms with Gasteiger partial charge in [-0.3, -0.25) is 4.79 Å². The van der Waals surface area contributed by atoms with Gasteiger partial charge in [0.05, 0.1) is 0 Å². The van der Waals surface area contributed by atoms with E-state index in [1.54, 1.807) is 0 Å². The summed E-state index contributed by atoms with van der Waals surface area (Å²) in [5, 5.41) is 4.20. The number of fused-ring (bicyclic) bond motifs is 2.